The maximum atomic E-state index is 12.4. The van der Waals surface area contributed by atoms with Gasteiger partial charge in [0.05, 0.1) is 11.4 Å². The molecule has 0 saturated carbocycles. The molecule has 0 amide bonds. The number of aromatic hydroxyl groups is 2. The molecule has 20 nitrogen and oxygen atoms in total. The van der Waals surface area contributed by atoms with Gasteiger partial charge in [-0.15, -0.1) is 10.2 Å². The average Bonchev–Trinajstić information content (AvgIpc) is 3.12. The van der Waals surface area contributed by atoms with Gasteiger partial charge in [0.25, 0.3) is 40.5 Å². The summed E-state index contributed by atoms with van der Waals surface area (Å²) in [7, 11) is -19.7. The zero-order valence-electron chi connectivity index (χ0n) is 28.5. The predicted molar refractivity (Wildman–Crippen MR) is 196 cm³/mol. The van der Waals surface area contributed by atoms with Gasteiger partial charge >= 0.3 is 18.9 Å². The van der Waals surface area contributed by atoms with Crippen LogP contribution in [-0.2, 0) is 40.5 Å². The number of azo groups is 2. The molecule has 6 rings (SSSR count). The molecule has 2 aromatic heterocycles. The van der Waals surface area contributed by atoms with E-state index >= 15 is 0 Å². The Labute approximate surface area is 334 Å². The second-order valence-electron chi connectivity index (χ2n) is 11.4. The molecule has 288 valence electrons. The Morgan fingerprint density at radius 2 is 0.825 bits per heavy atom. The quantitative estimate of drug-likeness (QED) is 0.0499. The van der Waals surface area contributed by atoms with Crippen molar-refractivity contribution >= 4 is 97.2 Å². The van der Waals surface area contributed by atoms with Crippen LogP contribution in [0.25, 0.3) is 34.0 Å². The molecule has 0 unspecified atom stereocenters. The topological polar surface area (TPSA) is 333 Å². The Bertz CT molecular complexity index is 2970. The number of pyridine rings is 2. The Hall–Kier alpha value is -5.52. The van der Waals surface area contributed by atoms with Crippen LogP contribution in [0, 0.1) is 0 Å². The second kappa shape index (κ2) is 15.8. The fourth-order valence-corrected chi connectivity index (χ4v) is 8.06. The molecule has 0 saturated heterocycles. The first-order valence-electron chi connectivity index (χ1n) is 15.0. The molecule has 6 N–H and O–H groups in total. The van der Waals surface area contributed by atoms with Gasteiger partial charge in [-0.3, -0.25) is 28.2 Å². The van der Waals surface area contributed by atoms with E-state index in [-0.39, 0.29) is 63.2 Å². The smallest absolute Gasteiger partial charge is 0.504 e. The van der Waals surface area contributed by atoms with E-state index in [9.17, 15) is 62.1 Å². The number of aromatic nitrogens is 2. The number of hydrogen-bond acceptors (Lipinski definition) is 16. The van der Waals surface area contributed by atoms with Crippen molar-refractivity contribution in [2.75, 3.05) is 0 Å². The van der Waals surface area contributed by atoms with Crippen molar-refractivity contribution in [2.45, 2.75) is 19.6 Å². The third kappa shape index (κ3) is 9.21. The molecule has 6 aromatic rings. The number of hydrogen-bond donors (Lipinski definition) is 6. The largest absolute Gasteiger partial charge is 1.00 e. The minimum absolute atomic E-state index is 0. The van der Waals surface area contributed by atoms with E-state index in [1.54, 1.807) is 0 Å². The van der Waals surface area contributed by atoms with Crippen molar-refractivity contribution in [1.29, 1.82) is 0 Å². The first-order valence-corrected chi connectivity index (χ1v) is 20.8. The summed E-state index contributed by atoms with van der Waals surface area (Å²) >= 11 is 0. The molecule has 0 aliphatic rings. The van der Waals surface area contributed by atoms with E-state index < -0.39 is 82.9 Å². The van der Waals surface area contributed by atoms with Gasteiger partial charge in [-0.05, 0) is 71.8 Å². The Morgan fingerprint density at radius 3 is 1.16 bits per heavy atom. The third-order valence-electron chi connectivity index (χ3n) is 7.71. The minimum Gasteiger partial charge on any atom is -0.504 e. The fourth-order valence-electron chi connectivity index (χ4n) is 5.24. The number of phenols is 2. The normalized spacial score (nSPS) is 12.9. The van der Waals surface area contributed by atoms with E-state index in [0.29, 0.717) is 0 Å². The molecule has 2 heterocycles. The summed E-state index contributed by atoms with van der Waals surface area (Å²) < 4.78 is 137. The van der Waals surface area contributed by atoms with Crippen LogP contribution in [0.1, 0.15) is 11.1 Å². The van der Waals surface area contributed by atoms with Gasteiger partial charge in [0.2, 0.25) is 0 Å². The van der Waals surface area contributed by atoms with Gasteiger partial charge in [0.1, 0.15) is 42.0 Å². The third-order valence-corrected chi connectivity index (χ3v) is 11.3. The zero-order chi connectivity index (χ0) is 40.8. The molecular formula is C32H22LiN6O14S4+. The van der Waals surface area contributed by atoms with Gasteiger partial charge in [-0.25, -0.2) is 0 Å². The standard InChI is InChI=1S/C32H22N6O14S4.Li/c39-31-23(15-27(55(47,48)49)21-3-1-11-33-29(21)31)37-35-19-9-7-17(25(13-19)53(41,42)43)5-6-18-8-10-20(14-26(18)54(44,45)46)36-38-24-16-28(56(50,51)52)22-4-2-12-34-30(22)32(24)40;/h1-16,39-40H,(H,41,42,43)(H,44,45,46)(H,47,48,49)(H,50,51,52);/q;+1/b6-5+,37-35?,38-36?;. The summed E-state index contributed by atoms with van der Waals surface area (Å²) in [5.41, 5.74) is -2.37. The van der Waals surface area contributed by atoms with Gasteiger partial charge in [-0.1, -0.05) is 24.3 Å². The van der Waals surface area contributed by atoms with Crippen LogP contribution in [0.15, 0.2) is 125 Å². The van der Waals surface area contributed by atoms with Crippen LogP contribution in [0.2, 0.25) is 0 Å². The minimum atomic E-state index is -5.01. The van der Waals surface area contributed by atoms with Gasteiger partial charge < -0.3 is 10.2 Å². The molecule has 0 fully saturated rings. The van der Waals surface area contributed by atoms with Crippen molar-refractivity contribution in [1.82, 2.24) is 9.97 Å². The van der Waals surface area contributed by atoms with Gasteiger partial charge in [0, 0.05) is 23.2 Å². The van der Waals surface area contributed by atoms with E-state index in [2.05, 4.69) is 30.4 Å². The Kier molecular flexibility index (Phi) is 11.8. The van der Waals surface area contributed by atoms with E-state index in [1.807, 2.05) is 0 Å². The van der Waals surface area contributed by atoms with Crippen molar-refractivity contribution in [3.05, 3.63) is 96.3 Å². The van der Waals surface area contributed by atoms with Crippen molar-refractivity contribution in [3.8, 4) is 11.5 Å². The molecule has 57 heavy (non-hydrogen) atoms. The predicted octanol–water partition coefficient (Wildman–Crippen LogP) is 3.19. The van der Waals surface area contributed by atoms with Crippen molar-refractivity contribution < 1.29 is 81.0 Å². The zero-order valence-corrected chi connectivity index (χ0v) is 31.8. The first kappa shape index (κ1) is 42.6. The SMILES string of the molecule is O=S(=O)(O)c1cc(N=Nc2cc(S(=O)(=O)O)c3cccnc3c2O)ccc1/C=C/c1ccc(N=Nc2cc(S(=O)(=O)O)c3cccnc3c2O)cc1S(=O)(=O)O.[Li+]. The molecule has 4 aromatic carbocycles. The maximum absolute atomic E-state index is 12.4. The number of phenolic OH excluding ortho intramolecular Hbond substituents is 2. The number of benzene rings is 4. The van der Waals surface area contributed by atoms with Crippen LogP contribution in [-0.4, -0.2) is 72.1 Å². The van der Waals surface area contributed by atoms with Crippen molar-refractivity contribution in [2.24, 2.45) is 20.5 Å². The maximum Gasteiger partial charge on any atom is 1.00 e. The summed E-state index contributed by atoms with van der Waals surface area (Å²) in [6.07, 6.45) is 4.60. The summed E-state index contributed by atoms with van der Waals surface area (Å²) in [4.78, 5) is 4.97. The second-order valence-corrected chi connectivity index (χ2v) is 16.9. The first-order chi connectivity index (χ1) is 26.1. The van der Waals surface area contributed by atoms with Crippen LogP contribution in [0.4, 0.5) is 22.7 Å². The number of fused-ring (bicyclic) bond motifs is 2. The van der Waals surface area contributed by atoms with E-state index in [4.69, 9.17) is 0 Å². The monoisotopic (exact) mass is 849 g/mol. The van der Waals surface area contributed by atoms with Gasteiger partial charge in [-0.2, -0.15) is 43.9 Å². The van der Waals surface area contributed by atoms with E-state index in [0.717, 1.165) is 48.6 Å². The molecule has 0 bridgehead atoms. The molecule has 0 radical (unpaired) electrons. The van der Waals surface area contributed by atoms with Gasteiger partial charge in [0.15, 0.2) is 11.5 Å². The average molecular weight is 850 g/mol. The van der Waals surface area contributed by atoms with Crippen LogP contribution in [0.5, 0.6) is 11.5 Å². The summed E-state index contributed by atoms with van der Waals surface area (Å²) in [6.45, 7) is 0. The van der Waals surface area contributed by atoms with Crippen LogP contribution in [0.3, 0.4) is 0 Å². The molecule has 0 aliphatic carbocycles. The molecule has 0 atom stereocenters. The van der Waals surface area contributed by atoms with Crippen LogP contribution < -0.4 is 18.9 Å². The fraction of sp³-hybridized carbons (Fsp3) is 0. The summed E-state index contributed by atoms with van der Waals surface area (Å²) in [5.74, 6) is -1.24. The number of nitrogens with zero attached hydrogens (tertiary/aromatic N) is 6. The molecule has 0 aliphatic heterocycles. The Morgan fingerprint density at radius 1 is 0.474 bits per heavy atom. The Balaban J connectivity index is 0.00000620. The molecular weight excluding hydrogens is 828 g/mol. The van der Waals surface area contributed by atoms with Crippen molar-refractivity contribution in [3.63, 3.8) is 0 Å². The summed E-state index contributed by atoms with van der Waals surface area (Å²) in [6, 6.07) is 13.2. The summed E-state index contributed by atoms with van der Waals surface area (Å²) in [5, 5.41) is 36.1. The molecule has 25 heteroatoms. The van der Waals surface area contributed by atoms with Crippen LogP contribution >= 0.6 is 0 Å². The molecule has 0 spiro atoms. The number of rotatable bonds is 10. The van der Waals surface area contributed by atoms with E-state index in [1.165, 1.54) is 48.8 Å².